The van der Waals surface area contributed by atoms with E-state index in [1.807, 2.05) is 0 Å². The van der Waals surface area contributed by atoms with Gasteiger partial charge in [-0.05, 0) is 25.8 Å². The van der Waals surface area contributed by atoms with Gasteiger partial charge in [-0.2, -0.15) is 0 Å². The first-order valence-electron chi connectivity index (χ1n) is 6.26. The molecule has 2 amide bonds. The van der Waals surface area contributed by atoms with E-state index in [4.69, 9.17) is 11.6 Å². The molecule has 0 aliphatic carbocycles. The summed E-state index contributed by atoms with van der Waals surface area (Å²) >= 11 is 5.97. The first kappa shape index (κ1) is 13.8. The van der Waals surface area contributed by atoms with Gasteiger partial charge in [0.2, 0.25) is 5.91 Å². The van der Waals surface area contributed by atoms with Crippen molar-refractivity contribution >= 4 is 23.4 Å². The number of aromatic nitrogens is 1. The van der Waals surface area contributed by atoms with Crippen LogP contribution in [0.3, 0.4) is 0 Å². The van der Waals surface area contributed by atoms with Crippen LogP contribution in [0.15, 0.2) is 12.3 Å². The highest BCUT2D eigenvalue weighted by Crippen LogP contribution is 2.15. The van der Waals surface area contributed by atoms with E-state index < -0.39 is 0 Å². The van der Waals surface area contributed by atoms with Gasteiger partial charge in [0, 0.05) is 25.0 Å². The molecule has 6 heteroatoms. The number of aryl methyl sites for hydroxylation is 1. The second-order valence-corrected chi connectivity index (χ2v) is 4.98. The molecule has 1 aliphatic heterocycles. The van der Waals surface area contributed by atoms with Gasteiger partial charge >= 0.3 is 0 Å². The van der Waals surface area contributed by atoms with Crippen LogP contribution in [0.25, 0.3) is 0 Å². The molecule has 1 aliphatic rings. The average molecular weight is 282 g/mol. The van der Waals surface area contributed by atoms with Crippen LogP contribution in [0.2, 0.25) is 5.02 Å². The molecule has 0 radical (unpaired) electrons. The molecule has 1 aromatic heterocycles. The first-order chi connectivity index (χ1) is 9.08. The quantitative estimate of drug-likeness (QED) is 0.911. The normalized spacial score (nSPS) is 14.5. The van der Waals surface area contributed by atoms with E-state index in [-0.39, 0.29) is 18.4 Å². The lowest BCUT2D eigenvalue weighted by atomic mass is 10.2. The van der Waals surface area contributed by atoms with E-state index in [0.29, 0.717) is 10.6 Å². The van der Waals surface area contributed by atoms with Crippen molar-refractivity contribution < 1.29 is 9.59 Å². The van der Waals surface area contributed by atoms with Crippen molar-refractivity contribution in [3.05, 3.63) is 28.5 Å². The summed E-state index contributed by atoms with van der Waals surface area (Å²) in [5.41, 5.74) is 1.04. The Morgan fingerprint density at radius 3 is 2.74 bits per heavy atom. The number of hydrogen-bond donors (Lipinski definition) is 1. The molecular formula is C13H16ClN3O2. The van der Waals surface area contributed by atoms with E-state index >= 15 is 0 Å². The van der Waals surface area contributed by atoms with Crippen LogP contribution >= 0.6 is 11.6 Å². The van der Waals surface area contributed by atoms with Crippen LogP contribution in [0.1, 0.15) is 28.9 Å². The van der Waals surface area contributed by atoms with Gasteiger partial charge in [0.05, 0.1) is 17.1 Å². The van der Waals surface area contributed by atoms with Crippen molar-refractivity contribution in [3.63, 3.8) is 0 Å². The number of nitrogens with zero attached hydrogens (tertiary/aromatic N) is 2. The minimum Gasteiger partial charge on any atom is -0.343 e. The zero-order valence-corrected chi connectivity index (χ0v) is 11.5. The SMILES string of the molecule is Cc1cc(Cl)c(C(=O)NCC(=O)N2CCCC2)cn1. The summed E-state index contributed by atoms with van der Waals surface area (Å²) in [5.74, 6) is -0.424. The fourth-order valence-electron chi connectivity index (χ4n) is 2.02. The summed E-state index contributed by atoms with van der Waals surface area (Å²) in [6.07, 6.45) is 3.49. The molecule has 5 nitrogen and oxygen atoms in total. The molecule has 1 fully saturated rings. The Balaban J connectivity index is 1.92. The minimum absolute atomic E-state index is 0.00301. The largest absolute Gasteiger partial charge is 0.343 e. The molecule has 1 N–H and O–H groups in total. The van der Waals surface area contributed by atoms with Crippen molar-refractivity contribution in [1.82, 2.24) is 15.2 Å². The highest BCUT2D eigenvalue weighted by molar-refractivity contribution is 6.33. The van der Waals surface area contributed by atoms with Gasteiger partial charge in [-0.1, -0.05) is 11.6 Å². The van der Waals surface area contributed by atoms with Gasteiger partial charge in [0.15, 0.2) is 0 Å². The predicted octanol–water partition coefficient (Wildman–Crippen LogP) is 1.40. The van der Waals surface area contributed by atoms with Gasteiger partial charge < -0.3 is 10.2 Å². The van der Waals surface area contributed by atoms with Gasteiger partial charge in [0.1, 0.15) is 0 Å². The third-order valence-electron chi connectivity index (χ3n) is 3.09. The Hall–Kier alpha value is -1.62. The van der Waals surface area contributed by atoms with Crippen LogP contribution in [0.4, 0.5) is 0 Å². The molecule has 1 saturated heterocycles. The summed E-state index contributed by atoms with van der Waals surface area (Å²) in [5, 5.41) is 2.93. The number of carbonyl (C=O) groups excluding carboxylic acids is 2. The summed E-state index contributed by atoms with van der Waals surface area (Å²) in [6.45, 7) is 3.36. The lowest BCUT2D eigenvalue weighted by Crippen LogP contribution is -2.38. The molecule has 19 heavy (non-hydrogen) atoms. The molecular weight excluding hydrogens is 266 g/mol. The minimum atomic E-state index is -0.370. The molecule has 2 rings (SSSR count). The second kappa shape index (κ2) is 6.02. The van der Waals surface area contributed by atoms with E-state index in [1.165, 1.54) is 6.20 Å². The number of pyridine rings is 1. The number of halogens is 1. The molecule has 0 saturated carbocycles. The average Bonchev–Trinajstić information content (AvgIpc) is 2.89. The molecule has 0 aromatic carbocycles. The molecule has 102 valence electrons. The number of hydrogen-bond acceptors (Lipinski definition) is 3. The standard InChI is InChI=1S/C13H16ClN3O2/c1-9-6-11(14)10(7-15-9)13(19)16-8-12(18)17-4-2-3-5-17/h6-7H,2-5,8H2,1H3,(H,16,19). The molecule has 0 unspecified atom stereocenters. The topological polar surface area (TPSA) is 62.3 Å². The van der Waals surface area contributed by atoms with Crippen LogP contribution < -0.4 is 5.32 Å². The highest BCUT2D eigenvalue weighted by atomic mass is 35.5. The maximum Gasteiger partial charge on any atom is 0.254 e. The van der Waals surface area contributed by atoms with Gasteiger partial charge in [-0.15, -0.1) is 0 Å². The summed E-state index contributed by atoms with van der Waals surface area (Å²) in [4.78, 5) is 29.5. The van der Waals surface area contributed by atoms with Crippen molar-refractivity contribution in [2.24, 2.45) is 0 Å². The Morgan fingerprint density at radius 2 is 2.11 bits per heavy atom. The van der Waals surface area contributed by atoms with E-state index in [1.54, 1.807) is 17.9 Å². The molecule has 1 aromatic rings. The van der Waals surface area contributed by atoms with E-state index in [9.17, 15) is 9.59 Å². The third-order valence-corrected chi connectivity index (χ3v) is 3.41. The van der Waals surface area contributed by atoms with Crippen LogP contribution in [-0.2, 0) is 4.79 Å². The van der Waals surface area contributed by atoms with Crippen molar-refractivity contribution in [2.75, 3.05) is 19.6 Å². The Bertz CT molecular complexity index is 499. The zero-order valence-electron chi connectivity index (χ0n) is 10.8. The lowest BCUT2D eigenvalue weighted by Gasteiger charge is -2.15. The fourth-order valence-corrected chi connectivity index (χ4v) is 2.32. The van der Waals surface area contributed by atoms with Gasteiger partial charge in [-0.3, -0.25) is 14.6 Å². The predicted molar refractivity (Wildman–Crippen MR) is 72.1 cm³/mol. The van der Waals surface area contributed by atoms with Crippen molar-refractivity contribution in [3.8, 4) is 0 Å². The van der Waals surface area contributed by atoms with Crippen LogP contribution in [0, 0.1) is 6.92 Å². The molecule has 0 atom stereocenters. The second-order valence-electron chi connectivity index (χ2n) is 4.58. The number of carbonyl (C=O) groups is 2. The van der Waals surface area contributed by atoms with Crippen LogP contribution in [0.5, 0.6) is 0 Å². The van der Waals surface area contributed by atoms with Crippen molar-refractivity contribution in [1.29, 1.82) is 0 Å². The van der Waals surface area contributed by atoms with Crippen LogP contribution in [-0.4, -0.2) is 41.3 Å². The van der Waals surface area contributed by atoms with Gasteiger partial charge in [0.25, 0.3) is 5.91 Å². The highest BCUT2D eigenvalue weighted by Gasteiger charge is 2.19. The Labute approximate surface area is 117 Å². The zero-order chi connectivity index (χ0) is 13.8. The molecule has 0 spiro atoms. The molecule has 0 bridgehead atoms. The Kier molecular flexibility index (Phi) is 4.37. The van der Waals surface area contributed by atoms with Gasteiger partial charge in [-0.25, -0.2) is 0 Å². The summed E-state index contributed by atoms with van der Waals surface area (Å²) < 4.78 is 0. The number of nitrogens with one attached hydrogen (secondary N) is 1. The molecule has 2 heterocycles. The fraction of sp³-hybridized carbons (Fsp3) is 0.462. The van der Waals surface area contributed by atoms with E-state index in [2.05, 4.69) is 10.3 Å². The first-order valence-corrected chi connectivity index (χ1v) is 6.64. The number of likely N-dealkylation sites (tertiary alicyclic amines) is 1. The summed E-state index contributed by atoms with van der Waals surface area (Å²) in [6, 6.07) is 1.62. The Morgan fingerprint density at radius 1 is 1.42 bits per heavy atom. The number of rotatable bonds is 3. The third kappa shape index (κ3) is 3.44. The maximum absolute atomic E-state index is 11.9. The monoisotopic (exact) mass is 281 g/mol. The maximum atomic E-state index is 11.9. The van der Waals surface area contributed by atoms with Crippen molar-refractivity contribution in [2.45, 2.75) is 19.8 Å². The van der Waals surface area contributed by atoms with E-state index in [0.717, 1.165) is 31.6 Å². The number of amides is 2. The smallest absolute Gasteiger partial charge is 0.254 e. The summed E-state index contributed by atoms with van der Waals surface area (Å²) in [7, 11) is 0. The lowest BCUT2D eigenvalue weighted by molar-refractivity contribution is -0.129.